The third-order valence-electron chi connectivity index (χ3n) is 1.36. The lowest BCUT2D eigenvalue weighted by atomic mass is 10.2. The zero-order valence-electron chi connectivity index (χ0n) is 6.52. The van der Waals surface area contributed by atoms with Crippen molar-refractivity contribution in [1.82, 2.24) is 4.98 Å². The van der Waals surface area contributed by atoms with Crippen molar-refractivity contribution in [1.29, 1.82) is 0 Å². The minimum atomic E-state index is -4.63. The Morgan fingerprint density at radius 3 is 2.46 bits per heavy atom. The van der Waals surface area contributed by atoms with Gasteiger partial charge < -0.3 is 4.74 Å². The fraction of sp³-hybridized carbons (Fsp3) is 0.286. The summed E-state index contributed by atoms with van der Waals surface area (Å²) in [6.45, 7) is 0. The van der Waals surface area contributed by atoms with Gasteiger partial charge in [-0.05, 0) is 0 Å². The van der Waals surface area contributed by atoms with Crippen LogP contribution in [0.3, 0.4) is 0 Å². The number of halogens is 4. The molecule has 1 aromatic heterocycles. The number of aromatic nitrogens is 1. The molecule has 0 amide bonds. The van der Waals surface area contributed by atoms with Gasteiger partial charge in [-0.2, -0.15) is 17.6 Å². The molecule has 2 nitrogen and oxygen atoms in total. The molecule has 0 fully saturated rings. The Morgan fingerprint density at radius 2 is 2.00 bits per heavy atom. The minimum Gasteiger partial charge on any atom is -0.494 e. The van der Waals surface area contributed by atoms with E-state index in [0.29, 0.717) is 12.3 Å². The number of nitrogens with zero attached hydrogens (tertiary/aromatic N) is 1. The van der Waals surface area contributed by atoms with E-state index in [1.54, 1.807) is 0 Å². The molecule has 72 valence electrons. The highest BCUT2D eigenvalue weighted by atomic mass is 19.4. The second-order valence-electron chi connectivity index (χ2n) is 2.21. The molecule has 0 spiro atoms. The topological polar surface area (TPSA) is 22.1 Å². The number of rotatable bonds is 1. The van der Waals surface area contributed by atoms with Gasteiger partial charge >= 0.3 is 6.18 Å². The van der Waals surface area contributed by atoms with Crippen molar-refractivity contribution >= 4 is 0 Å². The molecule has 0 atom stereocenters. The predicted molar refractivity (Wildman–Crippen MR) is 35.7 cm³/mol. The molecule has 0 aliphatic heterocycles. The van der Waals surface area contributed by atoms with E-state index < -0.39 is 23.4 Å². The molecule has 0 aliphatic carbocycles. The average Bonchev–Trinajstić information content (AvgIpc) is 2.03. The molecular weight excluding hydrogens is 190 g/mol. The average molecular weight is 195 g/mol. The van der Waals surface area contributed by atoms with Crippen molar-refractivity contribution in [2.45, 2.75) is 6.18 Å². The third kappa shape index (κ3) is 2.07. The first-order valence-corrected chi connectivity index (χ1v) is 3.22. The highest BCUT2D eigenvalue weighted by Crippen LogP contribution is 2.35. The van der Waals surface area contributed by atoms with Gasteiger partial charge in [0.05, 0.1) is 13.3 Å². The standard InChI is InChI=1S/C7H5F4NO/c1-13-5-3-12-6(8)2-4(5)7(9,10)11/h2-3H,1H3. The van der Waals surface area contributed by atoms with Gasteiger partial charge in [0.2, 0.25) is 5.95 Å². The van der Waals surface area contributed by atoms with Crippen LogP contribution in [0, 0.1) is 5.95 Å². The van der Waals surface area contributed by atoms with Crippen molar-refractivity contribution in [2.75, 3.05) is 7.11 Å². The molecule has 6 heteroatoms. The number of alkyl halides is 3. The summed E-state index contributed by atoms with van der Waals surface area (Å²) in [7, 11) is 1.06. The van der Waals surface area contributed by atoms with E-state index in [4.69, 9.17) is 0 Å². The first-order valence-electron chi connectivity index (χ1n) is 3.22. The van der Waals surface area contributed by atoms with Gasteiger partial charge in [-0.1, -0.05) is 0 Å². The molecular formula is C7H5F4NO. The van der Waals surface area contributed by atoms with Gasteiger partial charge in [0.25, 0.3) is 0 Å². The largest absolute Gasteiger partial charge is 0.494 e. The van der Waals surface area contributed by atoms with Crippen LogP contribution in [0.2, 0.25) is 0 Å². The monoisotopic (exact) mass is 195 g/mol. The van der Waals surface area contributed by atoms with Gasteiger partial charge in [0, 0.05) is 6.07 Å². The number of pyridine rings is 1. The van der Waals surface area contributed by atoms with Gasteiger partial charge in [-0.15, -0.1) is 0 Å². The van der Waals surface area contributed by atoms with E-state index in [0.717, 1.165) is 7.11 Å². The molecule has 0 radical (unpaired) electrons. The van der Waals surface area contributed by atoms with Gasteiger partial charge in [0.1, 0.15) is 11.3 Å². The van der Waals surface area contributed by atoms with Crippen molar-refractivity contribution in [2.24, 2.45) is 0 Å². The first kappa shape index (κ1) is 9.76. The van der Waals surface area contributed by atoms with Crippen LogP contribution in [0.1, 0.15) is 5.56 Å². The summed E-state index contributed by atoms with van der Waals surface area (Å²) in [6.07, 6.45) is -3.94. The summed E-state index contributed by atoms with van der Waals surface area (Å²) < 4.78 is 53.1. The number of hydrogen-bond donors (Lipinski definition) is 0. The Morgan fingerprint density at radius 1 is 1.38 bits per heavy atom. The van der Waals surface area contributed by atoms with Crippen LogP contribution < -0.4 is 4.74 Å². The minimum absolute atomic E-state index is 0.291. The SMILES string of the molecule is COc1cnc(F)cc1C(F)(F)F. The molecule has 0 bridgehead atoms. The lowest BCUT2D eigenvalue weighted by Gasteiger charge is -2.10. The van der Waals surface area contributed by atoms with Crippen molar-refractivity contribution in [3.8, 4) is 5.75 Å². The zero-order chi connectivity index (χ0) is 10.1. The summed E-state index contributed by atoms with van der Waals surface area (Å²) in [5.74, 6) is -1.68. The number of ether oxygens (including phenoxy) is 1. The molecule has 0 saturated carbocycles. The van der Waals surface area contributed by atoms with E-state index in [2.05, 4.69) is 9.72 Å². The molecule has 13 heavy (non-hydrogen) atoms. The van der Waals surface area contributed by atoms with Gasteiger partial charge in [-0.25, -0.2) is 4.98 Å². The summed E-state index contributed by atoms with van der Waals surface area (Å²) in [5, 5.41) is 0. The maximum Gasteiger partial charge on any atom is 0.420 e. The van der Waals surface area contributed by atoms with Crippen LogP contribution in [0.15, 0.2) is 12.3 Å². The van der Waals surface area contributed by atoms with Crippen LogP contribution in [0.25, 0.3) is 0 Å². The van der Waals surface area contributed by atoms with Gasteiger partial charge in [-0.3, -0.25) is 0 Å². The molecule has 0 unspecified atom stereocenters. The van der Waals surface area contributed by atoms with Crippen LogP contribution in [-0.2, 0) is 6.18 Å². The molecule has 1 heterocycles. The highest BCUT2D eigenvalue weighted by molar-refractivity contribution is 5.32. The Bertz CT molecular complexity index is 310. The van der Waals surface area contributed by atoms with Crippen molar-refractivity contribution in [3.05, 3.63) is 23.8 Å². The Hall–Kier alpha value is -1.33. The van der Waals surface area contributed by atoms with E-state index >= 15 is 0 Å². The summed E-state index contributed by atoms with van der Waals surface area (Å²) in [5.41, 5.74) is -1.16. The van der Waals surface area contributed by atoms with Crippen molar-refractivity contribution in [3.63, 3.8) is 0 Å². The maximum atomic E-state index is 12.3. The second-order valence-corrected chi connectivity index (χ2v) is 2.21. The molecule has 0 aliphatic rings. The molecule has 0 saturated heterocycles. The van der Waals surface area contributed by atoms with E-state index in [1.807, 2.05) is 0 Å². The Kier molecular flexibility index (Phi) is 2.40. The van der Waals surface area contributed by atoms with E-state index in [9.17, 15) is 17.6 Å². The van der Waals surface area contributed by atoms with Gasteiger partial charge in [0.15, 0.2) is 0 Å². The summed E-state index contributed by atoms with van der Waals surface area (Å²) >= 11 is 0. The van der Waals surface area contributed by atoms with Crippen LogP contribution in [0.4, 0.5) is 17.6 Å². The van der Waals surface area contributed by atoms with E-state index in [1.165, 1.54) is 0 Å². The van der Waals surface area contributed by atoms with Crippen LogP contribution in [0.5, 0.6) is 5.75 Å². The molecule has 1 aromatic rings. The van der Waals surface area contributed by atoms with E-state index in [-0.39, 0.29) is 0 Å². The number of methoxy groups -OCH3 is 1. The first-order chi connectivity index (χ1) is 5.95. The second kappa shape index (κ2) is 3.20. The number of hydrogen-bond acceptors (Lipinski definition) is 2. The lowest BCUT2D eigenvalue weighted by molar-refractivity contribution is -0.139. The molecule has 1 rings (SSSR count). The normalized spacial score (nSPS) is 11.5. The Labute approximate surface area is 71.2 Å². The predicted octanol–water partition coefficient (Wildman–Crippen LogP) is 2.25. The summed E-state index contributed by atoms with van der Waals surface area (Å²) in [4.78, 5) is 3.03. The Balaban J connectivity index is 3.24. The molecule has 0 aromatic carbocycles. The highest BCUT2D eigenvalue weighted by Gasteiger charge is 2.35. The molecule has 0 N–H and O–H groups in total. The van der Waals surface area contributed by atoms with Crippen LogP contribution in [-0.4, -0.2) is 12.1 Å². The van der Waals surface area contributed by atoms with Crippen molar-refractivity contribution < 1.29 is 22.3 Å². The smallest absolute Gasteiger partial charge is 0.420 e. The maximum absolute atomic E-state index is 12.3. The summed E-state index contributed by atoms with van der Waals surface area (Å²) in [6, 6.07) is 0.291. The zero-order valence-corrected chi connectivity index (χ0v) is 6.52. The lowest BCUT2D eigenvalue weighted by Crippen LogP contribution is -2.08. The fourth-order valence-corrected chi connectivity index (χ4v) is 0.802. The fourth-order valence-electron chi connectivity index (χ4n) is 0.802. The quantitative estimate of drug-likeness (QED) is 0.506. The third-order valence-corrected chi connectivity index (χ3v) is 1.36. The van der Waals surface area contributed by atoms with Crippen LogP contribution >= 0.6 is 0 Å².